The van der Waals surface area contributed by atoms with Crippen LogP contribution in [0.5, 0.6) is 11.5 Å². The maximum Gasteiger partial charge on any atom is 0.374 e. The van der Waals surface area contributed by atoms with Crippen molar-refractivity contribution in [3.8, 4) is 23.0 Å². The van der Waals surface area contributed by atoms with Crippen LogP contribution in [0.2, 0.25) is 6.82 Å². The van der Waals surface area contributed by atoms with Crippen LogP contribution < -0.4 is 14.7 Å². The second-order valence-electron chi connectivity index (χ2n) is 8.66. The lowest BCUT2D eigenvalue weighted by atomic mass is 9.86. The molecule has 0 amide bonds. The zero-order valence-corrected chi connectivity index (χ0v) is 19.9. The molecule has 11 heteroatoms. The van der Waals surface area contributed by atoms with Gasteiger partial charge in [-0.2, -0.15) is 4.98 Å². The van der Waals surface area contributed by atoms with E-state index < -0.39 is 24.7 Å². The van der Waals surface area contributed by atoms with E-state index in [2.05, 4.69) is 20.4 Å². The molecule has 0 aliphatic rings. The van der Waals surface area contributed by atoms with Gasteiger partial charge in [0.05, 0.1) is 19.7 Å². The summed E-state index contributed by atoms with van der Waals surface area (Å²) in [6.07, 6.45) is 1.63. The summed E-state index contributed by atoms with van der Waals surface area (Å²) in [6.45, 7) is 7.21. The number of carbonyl (C=O) groups excluding carboxylic acids is 1. The minimum absolute atomic E-state index is 0.0515. The number of hydrogen-bond acceptors (Lipinski definition) is 10. The lowest BCUT2D eigenvalue weighted by Gasteiger charge is -2.24. The molecule has 2 heterocycles. The topological polar surface area (TPSA) is 129 Å². The largest absolute Gasteiger partial charge is 0.497 e. The van der Waals surface area contributed by atoms with Gasteiger partial charge in [-0.1, -0.05) is 17.3 Å². The summed E-state index contributed by atoms with van der Waals surface area (Å²) in [6, 6.07) is 10.2. The summed E-state index contributed by atoms with van der Waals surface area (Å²) in [5.74, 6) is 1.34. The maximum atomic E-state index is 12.5. The number of rotatable bonds is 10. The van der Waals surface area contributed by atoms with Crippen molar-refractivity contribution in [2.45, 2.75) is 52.3 Å². The molecule has 3 rings (SSSR count). The Bertz CT molecular complexity index is 1060. The zero-order chi connectivity index (χ0) is 24.7. The predicted octanol–water partition coefficient (Wildman–Crippen LogP) is 2.67. The van der Waals surface area contributed by atoms with Crippen LogP contribution in [0.4, 0.5) is 0 Å². The van der Waals surface area contributed by atoms with Crippen molar-refractivity contribution in [1.29, 1.82) is 0 Å². The summed E-state index contributed by atoms with van der Waals surface area (Å²) in [5.41, 5.74) is 0.818. The quantitative estimate of drug-likeness (QED) is 0.338. The second kappa shape index (κ2) is 11.1. The summed E-state index contributed by atoms with van der Waals surface area (Å²) < 4.78 is 21.6. The van der Waals surface area contributed by atoms with Crippen molar-refractivity contribution in [2.75, 3.05) is 7.11 Å². The number of hydrogen-bond donors (Lipinski definition) is 2. The molecule has 2 N–H and O–H groups in total. The van der Waals surface area contributed by atoms with E-state index in [1.165, 1.54) is 6.82 Å². The highest BCUT2D eigenvalue weighted by molar-refractivity contribution is 6.46. The minimum Gasteiger partial charge on any atom is -0.497 e. The van der Waals surface area contributed by atoms with Crippen LogP contribution in [-0.4, -0.2) is 51.9 Å². The van der Waals surface area contributed by atoms with E-state index in [0.29, 0.717) is 18.1 Å². The standard InChI is InChI=1S/C23H29BN4O6/c1-23(2,3)33-22(29)19(27-24(4)30)12-20-26-21(28-34-20)18-11-10-17(13-25-18)32-14-15-6-8-16(31-5)9-7-15/h6-11,13,19,27,30H,12,14H2,1-5H3. The van der Waals surface area contributed by atoms with Crippen LogP contribution in [0, 0.1) is 0 Å². The first-order valence-corrected chi connectivity index (χ1v) is 10.8. The molecule has 0 radical (unpaired) electrons. The number of ether oxygens (including phenoxy) is 3. The van der Waals surface area contributed by atoms with Crippen LogP contribution in [0.25, 0.3) is 11.5 Å². The molecule has 34 heavy (non-hydrogen) atoms. The molecular weight excluding hydrogens is 439 g/mol. The average molecular weight is 468 g/mol. The van der Waals surface area contributed by atoms with E-state index in [0.717, 1.165) is 11.3 Å². The molecule has 0 spiro atoms. The van der Waals surface area contributed by atoms with Crippen LogP contribution in [0.3, 0.4) is 0 Å². The fraction of sp³-hybridized carbons (Fsp3) is 0.391. The Morgan fingerprint density at radius 3 is 2.47 bits per heavy atom. The van der Waals surface area contributed by atoms with Crippen molar-refractivity contribution in [1.82, 2.24) is 20.4 Å². The van der Waals surface area contributed by atoms with Crippen LogP contribution in [0.1, 0.15) is 32.2 Å². The first-order chi connectivity index (χ1) is 16.1. The van der Waals surface area contributed by atoms with Crippen LogP contribution in [-0.2, 0) is 22.6 Å². The molecule has 0 fully saturated rings. The van der Waals surface area contributed by atoms with Gasteiger partial charge in [0, 0.05) is 0 Å². The normalized spacial score (nSPS) is 12.2. The monoisotopic (exact) mass is 468 g/mol. The van der Waals surface area contributed by atoms with Gasteiger partial charge in [0.2, 0.25) is 11.7 Å². The van der Waals surface area contributed by atoms with E-state index in [-0.39, 0.29) is 18.1 Å². The molecule has 3 aromatic rings. The first kappa shape index (κ1) is 25.2. The Morgan fingerprint density at radius 1 is 1.18 bits per heavy atom. The van der Waals surface area contributed by atoms with E-state index in [1.54, 1.807) is 46.2 Å². The highest BCUT2D eigenvalue weighted by atomic mass is 16.6. The summed E-state index contributed by atoms with van der Waals surface area (Å²) in [7, 11) is 0.698. The third kappa shape index (κ3) is 7.56. The van der Waals surface area contributed by atoms with Crippen molar-refractivity contribution in [3.63, 3.8) is 0 Å². The summed E-state index contributed by atoms with van der Waals surface area (Å²) >= 11 is 0. The van der Waals surface area contributed by atoms with Gasteiger partial charge in [-0.3, -0.25) is 4.79 Å². The molecule has 10 nitrogen and oxygen atoms in total. The van der Waals surface area contributed by atoms with E-state index in [9.17, 15) is 9.82 Å². The Labute approximate surface area is 198 Å². The molecule has 1 atom stereocenters. The molecular formula is C23H29BN4O6. The van der Waals surface area contributed by atoms with Crippen LogP contribution >= 0.6 is 0 Å². The molecule has 0 saturated carbocycles. The highest BCUT2D eigenvalue weighted by Crippen LogP contribution is 2.19. The van der Waals surface area contributed by atoms with Gasteiger partial charge in [0.1, 0.15) is 35.4 Å². The second-order valence-corrected chi connectivity index (χ2v) is 8.66. The average Bonchev–Trinajstić information content (AvgIpc) is 3.25. The number of methoxy groups -OCH3 is 1. The molecule has 0 aliphatic heterocycles. The number of carbonyl (C=O) groups is 1. The Morgan fingerprint density at radius 2 is 1.88 bits per heavy atom. The summed E-state index contributed by atoms with van der Waals surface area (Å²) in [4.78, 5) is 21.2. The maximum absolute atomic E-state index is 12.5. The lowest BCUT2D eigenvalue weighted by molar-refractivity contribution is -0.157. The van der Waals surface area contributed by atoms with Crippen molar-refractivity contribution in [2.24, 2.45) is 0 Å². The Hall–Kier alpha value is -3.44. The molecule has 180 valence electrons. The first-order valence-electron chi connectivity index (χ1n) is 10.8. The predicted molar refractivity (Wildman–Crippen MR) is 125 cm³/mol. The van der Waals surface area contributed by atoms with Gasteiger partial charge >= 0.3 is 13.0 Å². The summed E-state index contributed by atoms with van der Waals surface area (Å²) in [5, 5.41) is 16.4. The fourth-order valence-electron chi connectivity index (χ4n) is 2.98. The third-order valence-electron chi connectivity index (χ3n) is 4.51. The van der Waals surface area contributed by atoms with E-state index in [1.807, 2.05) is 24.3 Å². The van der Waals surface area contributed by atoms with Gasteiger partial charge in [0.15, 0.2) is 0 Å². The highest BCUT2D eigenvalue weighted by Gasteiger charge is 2.29. The number of benzene rings is 1. The number of pyridine rings is 1. The third-order valence-corrected chi connectivity index (χ3v) is 4.51. The molecule has 1 aromatic carbocycles. The van der Waals surface area contributed by atoms with Crippen LogP contribution in [0.15, 0.2) is 47.1 Å². The van der Waals surface area contributed by atoms with Crippen molar-refractivity contribution in [3.05, 3.63) is 54.0 Å². The van der Waals surface area contributed by atoms with Gasteiger partial charge in [-0.15, -0.1) is 0 Å². The number of nitrogens with zero attached hydrogens (tertiary/aromatic N) is 3. The molecule has 0 bridgehead atoms. The Kier molecular flexibility index (Phi) is 8.24. The van der Waals surface area contributed by atoms with Gasteiger partial charge in [-0.05, 0) is 57.4 Å². The van der Waals surface area contributed by atoms with Gasteiger partial charge in [-0.25, -0.2) is 4.98 Å². The molecule has 1 unspecified atom stereocenters. The number of aromatic nitrogens is 3. The number of esters is 1. The number of nitrogens with one attached hydrogen (secondary N) is 1. The lowest BCUT2D eigenvalue weighted by Crippen LogP contribution is -2.48. The van der Waals surface area contributed by atoms with Gasteiger partial charge < -0.3 is 29.0 Å². The zero-order valence-electron chi connectivity index (χ0n) is 19.9. The minimum atomic E-state index is -0.924. The van der Waals surface area contributed by atoms with Crippen molar-refractivity contribution < 1.29 is 28.6 Å². The smallest absolute Gasteiger partial charge is 0.374 e. The Balaban J connectivity index is 1.62. The van der Waals surface area contributed by atoms with E-state index >= 15 is 0 Å². The van der Waals surface area contributed by atoms with E-state index in [4.69, 9.17) is 18.7 Å². The molecule has 2 aromatic heterocycles. The molecule has 0 saturated heterocycles. The van der Waals surface area contributed by atoms with Gasteiger partial charge in [0.25, 0.3) is 0 Å². The SMILES string of the molecule is COc1ccc(COc2ccc(-c3noc(CC(NB(C)O)C(=O)OC(C)(C)C)n3)nc2)cc1. The van der Waals surface area contributed by atoms with Crippen molar-refractivity contribution >= 4 is 13.0 Å². The molecule has 0 aliphatic carbocycles. The fourth-order valence-corrected chi connectivity index (χ4v) is 2.98.